The van der Waals surface area contributed by atoms with Gasteiger partial charge in [0.05, 0.1) is 18.2 Å². The summed E-state index contributed by atoms with van der Waals surface area (Å²) in [6.45, 7) is 2.03. The van der Waals surface area contributed by atoms with Crippen molar-refractivity contribution in [3.8, 4) is 6.07 Å². The molecule has 0 bridgehead atoms. The van der Waals surface area contributed by atoms with Crippen LogP contribution >= 0.6 is 15.9 Å². The summed E-state index contributed by atoms with van der Waals surface area (Å²) in [5, 5.41) is 16.6. The quantitative estimate of drug-likeness (QED) is 0.907. The van der Waals surface area contributed by atoms with Gasteiger partial charge >= 0.3 is 0 Å². The zero-order chi connectivity index (χ0) is 14.1. The molecule has 5 heteroatoms. The minimum absolute atomic E-state index is 0.0308. The van der Waals surface area contributed by atoms with E-state index in [4.69, 9.17) is 0 Å². The largest absolute Gasteiger partial charge is 0.261 e. The highest BCUT2D eigenvalue weighted by atomic mass is 79.9. The molecule has 100 valence electrons. The number of rotatable bonds is 2. The van der Waals surface area contributed by atoms with Crippen LogP contribution < -0.4 is 0 Å². The standard InChI is InChI=1S/C15H13BrN4/c1-2-13-10(7-17)14(9-5-3-4-6-12(9)16)11-8-18-20-15(11)19-13/h3-6,8,10,14H,2H2,1H3,(H,18,20). The average molecular weight is 329 g/mol. The molecular weight excluding hydrogens is 316 g/mol. The van der Waals surface area contributed by atoms with Gasteiger partial charge in [-0.15, -0.1) is 0 Å². The zero-order valence-electron chi connectivity index (χ0n) is 11.0. The maximum atomic E-state index is 9.60. The Kier molecular flexibility index (Phi) is 3.41. The number of aliphatic imine (C=N–C) groups is 1. The number of aromatic nitrogens is 2. The molecule has 1 aliphatic heterocycles. The number of H-pyrrole nitrogens is 1. The van der Waals surface area contributed by atoms with E-state index in [9.17, 15) is 5.26 Å². The highest BCUT2D eigenvalue weighted by molar-refractivity contribution is 9.10. The molecule has 2 unspecified atom stereocenters. The van der Waals surface area contributed by atoms with Crippen LogP contribution in [0.4, 0.5) is 5.82 Å². The van der Waals surface area contributed by atoms with E-state index in [1.54, 1.807) is 6.20 Å². The van der Waals surface area contributed by atoms with Gasteiger partial charge in [-0.05, 0) is 18.1 Å². The van der Waals surface area contributed by atoms with Crippen LogP contribution in [0.1, 0.15) is 30.4 Å². The minimum Gasteiger partial charge on any atom is -0.261 e. The monoisotopic (exact) mass is 328 g/mol. The number of hydrogen-bond acceptors (Lipinski definition) is 3. The Hall–Kier alpha value is -1.93. The normalized spacial score (nSPS) is 20.9. The highest BCUT2D eigenvalue weighted by Crippen LogP contribution is 2.43. The lowest BCUT2D eigenvalue weighted by molar-refractivity contribution is 0.704. The van der Waals surface area contributed by atoms with E-state index in [0.717, 1.165) is 33.5 Å². The number of aromatic amines is 1. The van der Waals surface area contributed by atoms with E-state index in [2.05, 4.69) is 43.3 Å². The fraction of sp³-hybridized carbons (Fsp3) is 0.267. The first kappa shape index (κ1) is 13.1. The van der Waals surface area contributed by atoms with Crippen molar-refractivity contribution in [2.45, 2.75) is 19.3 Å². The van der Waals surface area contributed by atoms with Crippen LogP contribution in [-0.4, -0.2) is 15.9 Å². The predicted molar refractivity (Wildman–Crippen MR) is 81.1 cm³/mol. The van der Waals surface area contributed by atoms with Gasteiger partial charge in [0.1, 0.15) is 0 Å². The van der Waals surface area contributed by atoms with Crippen LogP contribution in [0.15, 0.2) is 39.9 Å². The van der Waals surface area contributed by atoms with Gasteiger partial charge in [-0.1, -0.05) is 41.1 Å². The summed E-state index contributed by atoms with van der Waals surface area (Å²) in [5.41, 5.74) is 2.99. The topological polar surface area (TPSA) is 64.8 Å². The Labute approximate surface area is 125 Å². The second kappa shape index (κ2) is 5.22. The van der Waals surface area contributed by atoms with Crippen molar-refractivity contribution in [3.05, 3.63) is 46.1 Å². The maximum absolute atomic E-state index is 9.60. The summed E-state index contributed by atoms with van der Waals surface area (Å²) >= 11 is 3.59. The summed E-state index contributed by atoms with van der Waals surface area (Å²) < 4.78 is 1.01. The third-order valence-corrected chi connectivity index (χ3v) is 4.39. The smallest absolute Gasteiger partial charge is 0.151 e. The molecule has 0 saturated carbocycles. The number of halogens is 1. The molecular formula is C15H13BrN4. The highest BCUT2D eigenvalue weighted by Gasteiger charge is 2.35. The van der Waals surface area contributed by atoms with Crippen LogP contribution in [0.5, 0.6) is 0 Å². The molecule has 1 aromatic carbocycles. The van der Waals surface area contributed by atoms with Crippen LogP contribution in [0.3, 0.4) is 0 Å². The fourth-order valence-corrected chi connectivity index (χ4v) is 3.24. The van der Waals surface area contributed by atoms with Gasteiger partial charge < -0.3 is 0 Å². The van der Waals surface area contributed by atoms with Crippen LogP contribution in [0.25, 0.3) is 0 Å². The molecule has 0 fully saturated rings. The predicted octanol–water partition coefficient (Wildman–Crippen LogP) is 3.94. The third kappa shape index (κ3) is 1.97. The molecule has 0 radical (unpaired) electrons. The summed E-state index contributed by atoms with van der Waals surface area (Å²) in [6, 6.07) is 10.4. The van der Waals surface area contributed by atoms with Crippen LogP contribution in [0.2, 0.25) is 0 Å². The van der Waals surface area contributed by atoms with E-state index in [1.807, 2.05) is 25.1 Å². The first-order chi connectivity index (χ1) is 9.76. The summed E-state index contributed by atoms with van der Waals surface area (Å²) in [7, 11) is 0. The molecule has 3 rings (SSSR count). The Bertz CT molecular complexity index is 711. The van der Waals surface area contributed by atoms with Crippen LogP contribution in [0, 0.1) is 17.2 Å². The zero-order valence-corrected chi connectivity index (χ0v) is 12.6. The molecule has 2 atom stereocenters. The van der Waals surface area contributed by atoms with Crippen molar-refractivity contribution in [3.63, 3.8) is 0 Å². The van der Waals surface area contributed by atoms with E-state index < -0.39 is 0 Å². The van der Waals surface area contributed by atoms with Crippen molar-refractivity contribution in [1.29, 1.82) is 5.26 Å². The molecule has 0 aliphatic carbocycles. The SMILES string of the molecule is CCC1=Nc2[nH]ncc2C(c2ccccc2Br)C1C#N. The molecule has 4 nitrogen and oxygen atoms in total. The Balaban J connectivity index is 2.21. The molecule has 0 spiro atoms. The van der Waals surface area contributed by atoms with Gasteiger partial charge in [0.25, 0.3) is 0 Å². The number of nitriles is 1. The van der Waals surface area contributed by atoms with Crippen molar-refractivity contribution < 1.29 is 0 Å². The van der Waals surface area contributed by atoms with Gasteiger partial charge in [0.2, 0.25) is 0 Å². The van der Waals surface area contributed by atoms with Crippen molar-refractivity contribution in [2.75, 3.05) is 0 Å². The lowest BCUT2D eigenvalue weighted by atomic mass is 9.77. The number of hydrogen-bond donors (Lipinski definition) is 1. The van der Waals surface area contributed by atoms with Gasteiger partial charge in [-0.3, -0.25) is 5.10 Å². The van der Waals surface area contributed by atoms with Crippen molar-refractivity contribution >= 4 is 27.5 Å². The minimum atomic E-state index is -0.246. The molecule has 0 saturated heterocycles. The van der Waals surface area contributed by atoms with Gasteiger partial charge in [-0.25, -0.2) is 4.99 Å². The average Bonchev–Trinajstić information content (AvgIpc) is 2.94. The first-order valence-electron chi connectivity index (χ1n) is 6.51. The second-order valence-electron chi connectivity index (χ2n) is 4.74. The van der Waals surface area contributed by atoms with Crippen molar-refractivity contribution in [1.82, 2.24) is 10.2 Å². The van der Waals surface area contributed by atoms with Gasteiger partial charge in [-0.2, -0.15) is 10.4 Å². The second-order valence-corrected chi connectivity index (χ2v) is 5.59. The van der Waals surface area contributed by atoms with Crippen molar-refractivity contribution in [2.24, 2.45) is 10.9 Å². The van der Waals surface area contributed by atoms with Crippen LogP contribution in [-0.2, 0) is 0 Å². The summed E-state index contributed by atoms with van der Waals surface area (Å²) in [5.74, 6) is 0.495. The fourth-order valence-electron chi connectivity index (χ4n) is 2.71. The molecule has 20 heavy (non-hydrogen) atoms. The molecule has 1 aromatic heterocycles. The number of benzene rings is 1. The number of nitrogens with zero attached hydrogens (tertiary/aromatic N) is 3. The van der Waals surface area contributed by atoms with E-state index >= 15 is 0 Å². The van der Waals surface area contributed by atoms with E-state index in [0.29, 0.717) is 0 Å². The van der Waals surface area contributed by atoms with E-state index in [1.165, 1.54) is 0 Å². The lowest BCUT2D eigenvalue weighted by Crippen LogP contribution is -2.24. The number of fused-ring (bicyclic) bond motifs is 1. The Morgan fingerprint density at radius 2 is 2.15 bits per heavy atom. The lowest BCUT2D eigenvalue weighted by Gasteiger charge is -2.27. The molecule has 2 aromatic rings. The molecule has 1 N–H and O–H groups in total. The van der Waals surface area contributed by atoms with E-state index in [-0.39, 0.29) is 11.8 Å². The third-order valence-electron chi connectivity index (χ3n) is 3.67. The van der Waals surface area contributed by atoms with Gasteiger partial charge in [0.15, 0.2) is 5.82 Å². The first-order valence-corrected chi connectivity index (χ1v) is 7.30. The van der Waals surface area contributed by atoms with Gasteiger partial charge in [0, 0.05) is 21.7 Å². The Morgan fingerprint density at radius 3 is 2.85 bits per heavy atom. The summed E-state index contributed by atoms with van der Waals surface area (Å²) in [4.78, 5) is 4.54. The molecule has 1 aliphatic rings. The molecule has 2 heterocycles. The molecule has 0 amide bonds. The number of nitrogens with one attached hydrogen (secondary N) is 1. The maximum Gasteiger partial charge on any atom is 0.151 e. The Morgan fingerprint density at radius 1 is 1.35 bits per heavy atom. The summed E-state index contributed by atoms with van der Waals surface area (Å²) in [6.07, 6.45) is 2.54.